The summed E-state index contributed by atoms with van der Waals surface area (Å²) in [5, 5.41) is 8.25. The van der Waals surface area contributed by atoms with Gasteiger partial charge in [0.05, 0.1) is 24.5 Å². The first kappa shape index (κ1) is 32.8. The second-order valence-corrected chi connectivity index (χ2v) is 13.3. The molecule has 0 bridgehead atoms. The fourth-order valence-electron chi connectivity index (χ4n) is 7.37. The normalized spacial score (nSPS) is 17.0. The highest BCUT2D eigenvalue weighted by Gasteiger charge is 2.35. The minimum absolute atomic E-state index is 0.201. The molecule has 260 valence electrons. The van der Waals surface area contributed by atoms with E-state index in [4.69, 9.17) is 0 Å². The summed E-state index contributed by atoms with van der Waals surface area (Å²) in [4.78, 5) is 69.5. The van der Waals surface area contributed by atoms with Crippen LogP contribution < -0.4 is 15.5 Å². The predicted octanol–water partition coefficient (Wildman–Crippen LogP) is 5.31. The van der Waals surface area contributed by atoms with Crippen LogP contribution in [0.4, 0.5) is 5.69 Å². The van der Waals surface area contributed by atoms with Crippen LogP contribution in [-0.2, 0) is 29.1 Å². The van der Waals surface area contributed by atoms with Crippen LogP contribution >= 0.6 is 0 Å². The molecule has 8 rings (SSSR count). The van der Waals surface area contributed by atoms with E-state index in [1.54, 1.807) is 24.5 Å². The number of carbonyl (C=O) groups excluding carboxylic acids is 4. The lowest BCUT2D eigenvalue weighted by atomic mass is 9.92. The molecule has 3 aromatic carbocycles. The molecular formula is C41H37N7O4. The number of imide groups is 1. The van der Waals surface area contributed by atoms with E-state index in [9.17, 15) is 19.2 Å². The predicted molar refractivity (Wildman–Crippen MR) is 197 cm³/mol. The zero-order valence-corrected chi connectivity index (χ0v) is 28.4. The zero-order valence-electron chi connectivity index (χ0n) is 28.4. The van der Waals surface area contributed by atoms with Crippen molar-refractivity contribution in [3.8, 4) is 0 Å². The number of hydrogen-bond acceptors (Lipinski definition) is 7. The summed E-state index contributed by atoms with van der Waals surface area (Å²) >= 11 is 0. The summed E-state index contributed by atoms with van der Waals surface area (Å²) in [6.45, 7) is 1.22. The number of rotatable bonds is 12. The van der Waals surface area contributed by atoms with Gasteiger partial charge in [-0.25, -0.2) is 0 Å². The number of anilines is 1. The molecule has 11 nitrogen and oxygen atoms in total. The van der Waals surface area contributed by atoms with Gasteiger partial charge in [-0.05, 0) is 73.4 Å². The number of nitrogens with one attached hydrogen (secondary N) is 3. The lowest BCUT2D eigenvalue weighted by Crippen LogP contribution is -2.62. The number of H-pyrrole nitrogens is 1. The minimum atomic E-state index is -0.674. The van der Waals surface area contributed by atoms with Crippen LogP contribution in [0.1, 0.15) is 56.9 Å². The fourth-order valence-corrected chi connectivity index (χ4v) is 7.37. The van der Waals surface area contributed by atoms with Crippen molar-refractivity contribution in [1.82, 2.24) is 30.5 Å². The van der Waals surface area contributed by atoms with Crippen LogP contribution in [0.5, 0.6) is 0 Å². The van der Waals surface area contributed by atoms with E-state index in [0.29, 0.717) is 55.3 Å². The van der Waals surface area contributed by atoms with Crippen LogP contribution in [-0.4, -0.2) is 62.1 Å². The van der Waals surface area contributed by atoms with Gasteiger partial charge in [0.1, 0.15) is 12.1 Å². The van der Waals surface area contributed by atoms with Crippen LogP contribution in [0.3, 0.4) is 0 Å². The lowest BCUT2D eigenvalue weighted by molar-refractivity contribution is -0.136. The number of carbonyl (C=O) groups is 4. The number of pyridine rings is 2. The summed E-state index contributed by atoms with van der Waals surface area (Å²) in [6.07, 6.45) is 7.21. The van der Waals surface area contributed by atoms with Gasteiger partial charge in [-0.1, -0.05) is 42.5 Å². The molecule has 0 aliphatic carbocycles. The molecule has 5 heterocycles. The summed E-state index contributed by atoms with van der Waals surface area (Å²) < 4.78 is 0. The number of amides is 4. The molecule has 0 unspecified atom stereocenters. The topological polar surface area (TPSA) is 140 Å². The highest BCUT2D eigenvalue weighted by molar-refractivity contribution is 6.26. The molecule has 2 aliphatic rings. The first-order chi connectivity index (χ1) is 25.4. The highest BCUT2D eigenvalue weighted by atomic mass is 16.2. The van der Waals surface area contributed by atoms with Gasteiger partial charge >= 0.3 is 0 Å². The van der Waals surface area contributed by atoms with Gasteiger partial charge in [0.2, 0.25) is 11.8 Å². The van der Waals surface area contributed by atoms with E-state index in [1.807, 2.05) is 85.1 Å². The quantitative estimate of drug-likeness (QED) is 0.117. The van der Waals surface area contributed by atoms with E-state index in [-0.39, 0.29) is 30.2 Å². The number of hydrogen-bond donors (Lipinski definition) is 3. The molecule has 6 aromatic rings. The highest BCUT2D eigenvalue weighted by Crippen LogP contribution is 2.37. The van der Waals surface area contributed by atoms with Crippen LogP contribution in [0.15, 0.2) is 110 Å². The monoisotopic (exact) mass is 691 g/mol. The molecule has 3 aromatic heterocycles. The first-order valence-corrected chi connectivity index (χ1v) is 17.6. The van der Waals surface area contributed by atoms with E-state index >= 15 is 0 Å². The van der Waals surface area contributed by atoms with Crippen molar-refractivity contribution in [2.75, 3.05) is 11.4 Å². The number of para-hydroxylation sites is 1. The third-order valence-electron chi connectivity index (χ3n) is 9.96. The zero-order chi connectivity index (χ0) is 35.6. The van der Waals surface area contributed by atoms with Gasteiger partial charge in [0.15, 0.2) is 0 Å². The Labute approximate surface area is 300 Å². The number of unbranched alkanes of at least 4 members (excludes halogenated alkanes) is 1. The van der Waals surface area contributed by atoms with Crippen molar-refractivity contribution in [1.29, 1.82) is 0 Å². The smallest absolute Gasteiger partial charge is 0.261 e. The van der Waals surface area contributed by atoms with Crippen molar-refractivity contribution in [2.24, 2.45) is 0 Å². The van der Waals surface area contributed by atoms with E-state index in [2.05, 4.69) is 30.5 Å². The average molecular weight is 692 g/mol. The minimum Gasteiger partial charge on any atom is -0.361 e. The SMILES string of the molecule is O=C1N[C@@H](Cc2c[nH]c3ccccc23)C(=O)N[C@H]1CCCCN1C(=O)c2cccc3c(N(Cc4ccccn4)Cc4ccccn4)ccc(c23)C1=O. The Balaban J connectivity index is 0.936. The second-order valence-electron chi connectivity index (χ2n) is 13.3. The molecule has 4 amide bonds. The van der Waals surface area contributed by atoms with Crippen LogP contribution in [0.25, 0.3) is 21.7 Å². The van der Waals surface area contributed by atoms with Crippen LogP contribution in [0.2, 0.25) is 0 Å². The third kappa shape index (κ3) is 6.37. The summed E-state index contributed by atoms with van der Waals surface area (Å²) in [6, 6.07) is 27.4. The molecule has 0 radical (unpaired) electrons. The number of piperazine rings is 1. The molecule has 2 aliphatic heterocycles. The number of benzene rings is 3. The van der Waals surface area contributed by atoms with Crippen molar-refractivity contribution in [3.05, 3.63) is 138 Å². The van der Waals surface area contributed by atoms with Crippen molar-refractivity contribution >= 4 is 51.0 Å². The molecule has 1 saturated heterocycles. The van der Waals surface area contributed by atoms with Gasteiger partial charge in [0.25, 0.3) is 11.8 Å². The number of fused-ring (bicyclic) bond motifs is 1. The van der Waals surface area contributed by atoms with Crippen molar-refractivity contribution in [3.63, 3.8) is 0 Å². The van der Waals surface area contributed by atoms with Crippen molar-refractivity contribution < 1.29 is 19.2 Å². The number of aromatic amines is 1. The lowest BCUT2D eigenvalue weighted by Gasteiger charge is -2.31. The second kappa shape index (κ2) is 14.1. The fraction of sp³-hybridized carbons (Fsp3) is 0.220. The molecule has 3 N–H and O–H groups in total. The molecule has 52 heavy (non-hydrogen) atoms. The van der Waals surface area contributed by atoms with Gasteiger partial charge in [-0.15, -0.1) is 0 Å². The molecule has 11 heteroatoms. The maximum Gasteiger partial charge on any atom is 0.261 e. The molecular weight excluding hydrogens is 654 g/mol. The van der Waals surface area contributed by atoms with Crippen molar-refractivity contribution in [2.45, 2.75) is 50.9 Å². The molecule has 0 saturated carbocycles. The van der Waals surface area contributed by atoms with Gasteiger partial charge in [-0.2, -0.15) is 0 Å². The Hall–Kier alpha value is -6.36. The summed E-state index contributed by atoms with van der Waals surface area (Å²) in [5.74, 6) is -1.14. The molecule has 0 spiro atoms. The Morgan fingerprint density at radius 2 is 1.31 bits per heavy atom. The van der Waals surface area contributed by atoms with Gasteiger partial charge in [0, 0.05) is 70.0 Å². The van der Waals surface area contributed by atoms with Gasteiger partial charge in [-0.3, -0.25) is 34.0 Å². The largest absolute Gasteiger partial charge is 0.361 e. The van der Waals surface area contributed by atoms with Crippen LogP contribution in [0, 0.1) is 0 Å². The maximum absolute atomic E-state index is 13.9. The maximum atomic E-state index is 13.9. The Morgan fingerprint density at radius 1 is 0.654 bits per heavy atom. The van der Waals surface area contributed by atoms with Gasteiger partial charge < -0.3 is 20.5 Å². The Kier molecular flexibility index (Phi) is 8.90. The summed E-state index contributed by atoms with van der Waals surface area (Å²) in [5.41, 5.74) is 5.54. The number of aromatic nitrogens is 3. The third-order valence-corrected chi connectivity index (χ3v) is 9.96. The standard InChI is InChI=1S/C41H37N7O4/c49-38-34(45-39(50)35(46-38)22-26-23-44-33-15-2-1-12-29(26)33)16-5-8-21-48-40(51)31-14-9-13-30-36(18-17-32(37(30)31)41(48)52)47(24-27-10-3-6-19-42-27)25-28-11-4-7-20-43-28/h1-4,6-7,9-15,17-20,23,34-35,44H,5,8,16,21-22,24-25H2,(H,45,50)(H,46,49)/t34-,35-/m0/s1. The van der Waals surface area contributed by atoms with E-state index in [1.165, 1.54) is 4.90 Å². The summed E-state index contributed by atoms with van der Waals surface area (Å²) in [7, 11) is 0. The first-order valence-electron chi connectivity index (χ1n) is 17.6. The Bertz CT molecular complexity index is 2240. The average Bonchev–Trinajstić information content (AvgIpc) is 3.58. The molecule has 2 atom stereocenters. The number of nitrogens with zero attached hydrogens (tertiary/aromatic N) is 4. The Morgan fingerprint density at radius 3 is 2.04 bits per heavy atom. The molecule has 1 fully saturated rings. The van der Waals surface area contributed by atoms with E-state index in [0.717, 1.165) is 38.9 Å². The van der Waals surface area contributed by atoms with E-state index < -0.39 is 12.1 Å².